The number of nitrogens with zero attached hydrogens (tertiary/aromatic N) is 5. The Morgan fingerprint density at radius 1 is 1.00 bits per heavy atom. The second-order valence-corrected chi connectivity index (χ2v) is 5.40. The topological polar surface area (TPSA) is 87.5 Å². The number of ether oxygens (including phenoxy) is 1. The molecule has 0 aliphatic carbocycles. The zero-order valence-corrected chi connectivity index (χ0v) is 13.7. The third-order valence-corrected chi connectivity index (χ3v) is 3.75. The third-order valence-electron chi connectivity index (χ3n) is 3.75. The van der Waals surface area contributed by atoms with Gasteiger partial charge >= 0.3 is 0 Å². The first kappa shape index (κ1) is 16.2. The van der Waals surface area contributed by atoms with Crippen LogP contribution in [0.3, 0.4) is 0 Å². The van der Waals surface area contributed by atoms with E-state index in [4.69, 9.17) is 15.3 Å². The highest BCUT2D eigenvalue weighted by atomic mass is 16.5. The summed E-state index contributed by atoms with van der Waals surface area (Å²) in [5.41, 5.74) is 2.03. The van der Waals surface area contributed by atoms with Crippen molar-refractivity contribution in [3.63, 3.8) is 0 Å². The zero-order chi connectivity index (χ0) is 17.6. The molecule has 1 aromatic heterocycles. The number of hydrogen-bond donors (Lipinski definition) is 0. The first-order valence-corrected chi connectivity index (χ1v) is 7.74. The van der Waals surface area contributed by atoms with Crippen LogP contribution in [0.2, 0.25) is 0 Å². The zero-order valence-electron chi connectivity index (χ0n) is 13.7. The van der Waals surface area contributed by atoms with Crippen molar-refractivity contribution in [3.8, 4) is 29.3 Å². The first-order valence-electron chi connectivity index (χ1n) is 7.74. The molecule has 0 spiro atoms. The molecule has 25 heavy (non-hydrogen) atoms. The molecule has 0 fully saturated rings. The number of rotatable bonds is 5. The summed E-state index contributed by atoms with van der Waals surface area (Å²) in [6.45, 7) is 2.90. The van der Waals surface area contributed by atoms with Crippen LogP contribution in [0, 0.1) is 29.6 Å². The summed E-state index contributed by atoms with van der Waals surface area (Å²) in [5, 5.41) is 26.2. The van der Waals surface area contributed by atoms with Gasteiger partial charge in [0.05, 0.1) is 29.8 Å². The van der Waals surface area contributed by atoms with Crippen LogP contribution in [-0.4, -0.2) is 21.4 Å². The van der Waals surface area contributed by atoms with Crippen LogP contribution in [0.15, 0.2) is 48.5 Å². The van der Waals surface area contributed by atoms with E-state index >= 15 is 0 Å². The lowest BCUT2D eigenvalue weighted by Crippen LogP contribution is -2.11. The van der Waals surface area contributed by atoms with Crippen molar-refractivity contribution in [2.45, 2.75) is 13.5 Å². The van der Waals surface area contributed by atoms with Gasteiger partial charge < -0.3 is 9.30 Å². The lowest BCUT2D eigenvalue weighted by molar-refractivity contribution is 0.297. The first-order chi connectivity index (χ1) is 12.2. The van der Waals surface area contributed by atoms with Gasteiger partial charge in [0.25, 0.3) is 0 Å². The van der Waals surface area contributed by atoms with Gasteiger partial charge in [-0.3, -0.25) is 0 Å². The average Bonchev–Trinajstić information content (AvgIpc) is 3.03. The fourth-order valence-electron chi connectivity index (χ4n) is 2.47. The molecule has 122 valence electrons. The minimum atomic E-state index is 0.440. The van der Waals surface area contributed by atoms with E-state index in [0.717, 1.165) is 11.4 Å². The minimum Gasteiger partial charge on any atom is -0.492 e. The number of nitriles is 2. The van der Waals surface area contributed by atoms with E-state index in [-0.39, 0.29) is 0 Å². The highest BCUT2D eigenvalue weighted by Crippen LogP contribution is 2.20. The largest absolute Gasteiger partial charge is 0.492 e. The van der Waals surface area contributed by atoms with Crippen LogP contribution in [0.1, 0.15) is 17.0 Å². The molecular weight excluding hydrogens is 314 g/mol. The average molecular weight is 329 g/mol. The molecule has 3 aromatic rings. The summed E-state index contributed by atoms with van der Waals surface area (Å²) in [7, 11) is 0. The Balaban J connectivity index is 1.73. The Kier molecular flexibility index (Phi) is 4.73. The maximum Gasteiger partial charge on any atom is 0.164 e. The van der Waals surface area contributed by atoms with Gasteiger partial charge in [-0.2, -0.15) is 10.5 Å². The highest BCUT2D eigenvalue weighted by Gasteiger charge is 2.11. The molecule has 3 rings (SSSR count). The monoisotopic (exact) mass is 329 g/mol. The van der Waals surface area contributed by atoms with Gasteiger partial charge in [-0.1, -0.05) is 12.1 Å². The maximum atomic E-state index is 9.06. The summed E-state index contributed by atoms with van der Waals surface area (Å²) >= 11 is 0. The predicted molar refractivity (Wildman–Crippen MR) is 91.6 cm³/mol. The van der Waals surface area contributed by atoms with E-state index in [1.54, 1.807) is 36.4 Å². The summed E-state index contributed by atoms with van der Waals surface area (Å²) in [5.74, 6) is 2.19. The highest BCUT2D eigenvalue weighted by molar-refractivity contribution is 5.58. The SMILES string of the molecule is Cc1nnc(-c2cccc(C#N)c2)n1CCOc1ccc(C#N)cc1. The van der Waals surface area contributed by atoms with Crippen molar-refractivity contribution in [2.24, 2.45) is 0 Å². The van der Waals surface area contributed by atoms with Crippen LogP contribution in [-0.2, 0) is 6.54 Å². The van der Waals surface area contributed by atoms with Crippen molar-refractivity contribution in [3.05, 3.63) is 65.5 Å². The van der Waals surface area contributed by atoms with E-state index < -0.39 is 0 Å². The minimum absolute atomic E-state index is 0.440. The van der Waals surface area contributed by atoms with Gasteiger partial charge in [0, 0.05) is 5.56 Å². The van der Waals surface area contributed by atoms with Crippen LogP contribution < -0.4 is 4.74 Å². The van der Waals surface area contributed by atoms with Gasteiger partial charge in [-0.15, -0.1) is 10.2 Å². The lowest BCUT2D eigenvalue weighted by atomic mass is 10.1. The van der Waals surface area contributed by atoms with Gasteiger partial charge in [0.15, 0.2) is 5.82 Å². The number of aryl methyl sites for hydroxylation is 1. The second-order valence-electron chi connectivity index (χ2n) is 5.40. The van der Waals surface area contributed by atoms with Crippen molar-refractivity contribution in [1.82, 2.24) is 14.8 Å². The van der Waals surface area contributed by atoms with E-state index in [1.807, 2.05) is 23.6 Å². The van der Waals surface area contributed by atoms with Crippen molar-refractivity contribution in [1.29, 1.82) is 10.5 Å². The maximum absolute atomic E-state index is 9.06. The van der Waals surface area contributed by atoms with Gasteiger partial charge in [-0.25, -0.2) is 0 Å². The summed E-state index contributed by atoms with van der Waals surface area (Å²) in [6, 6.07) is 18.5. The summed E-state index contributed by atoms with van der Waals surface area (Å²) in [4.78, 5) is 0. The van der Waals surface area contributed by atoms with E-state index in [0.29, 0.717) is 35.9 Å². The molecule has 0 N–H and O–H groups in total. The number of hydrogen-bond acceptors (Lipinski definition) is 5. The molecule has 1 heterocycles. The molecule has 6 heteroatoms. The Labute approximate surface area is 145 Å². The number of aromatic nitrogens is 3. The summed E-state index contributed by atoms with van der Waals surface area (Å²) in [6.07, 6.45) is 0. The normalized spacial score (nSPS) is 10.0. The second kappa shape index (κ2) is 7.29. The molecule has 6 nitrogen and oxygen atoms in total. The lowest BCUT2D eigenvalue weighted by Gasteiger charge is -2.10. The van der Waals surface area contributed by atoms with Gasteiger partial charge in [-0.05, 0) is 43.3 Å². The van der Waals surface area contributed by atoms with Gasteiger partial charge in [0.2, 0.25) is 0 Å². The molecule has 0 unspecified atom stereocenters. The number of benzene rings is 2. The Hall–Kier alpha value is -3.64. The molecule has 0 aliphatic rings. The van der Waals surface area contributed by atoms with E-state index in [2.05, 4.69) is 22.3 Å². The molecule has 0 saturated carbocycles. The quantitative estimate of drug-likeness (QED) is 0.718. The van der Waals surface area contributed by atoms with Crippen molar-refractivity contribution >= 4 is 0 Å². The Morgan fingerprint density at radius 3 is 2.48 bits per heavy atom. The fraction of sp³-hybridized carbons (Fsp3) is 0.158. The molecule has 0 radical (unpaired) electrons. The Bertz CT molecular complexity index is 961. The molecular formula is C19H15N5O. The molecule has 0 aliphatic heterocycles. The van der Waals surface area contributed by atoms with Crippen LogP contribution >= 0.6 is 0 Å². The molecule has 2 aromatic carbocycles. The Morgan fingerprint density at radius 2 is 1.76 bits per heavy atom. The van der Waals surface area contributed by atoms with E-state index in [1.165, 1.54) is 0 Å². The van der Waals surface area contributed by atoms with Crippen molar-refractivity contribution < 1.29 is 4.74 Å². The van der Waals surface area contributed by atoms with E-state index in [9.17, 15) is 0 Å². The molecule has 0 bridgehead atoms. The fourth-order valence-corrected chi connectivity index (χ4v) is 2.47. The molecule has 0 saturated heterocycles. The van der Waals surface area contributed by atoms with Gasteiger partial charge in [0.1, 0.15) is 18.2 Å². The van der Waals surface area contributed by atoms with Crippen LogP contribution in [0.25, 0.3) is 11.4 Å². The predicted octanol–water partition coefficient (Wildman–Crippen LogP) is 3.08. The van der Waals surface area contributed by atoms with Crippen LogP contribution in [0.5, 0.6) is 5.75 Å². The standard InChI is InChI=1S/C19H15N5O/c1-14-22-23-19(17-4-2-3-16(11-17)13-21)24(14)9-10-25-18-7-5-15(12-20)6-8-18/h2-8,11H,9-10H2,1H3. The molecule has 0 atom stereocenters. The van der Waals surface area contributed by atoms with Crippen LogP contribution in [0.4, 0.5) is 0 Å². The smallest absolute Gasteiger partial charge is 0.164 e. The third kappa shape index (κ3) is 3.65. The molecule has 0 amide bonds. The summed E-state index contributed by atoms with van der Waals surface area (Å²) < 4.78 is 7.69. The van der Waals surface area contributed by atoms with Crippen molar-refractivity contribution in [2.75, 3.05) is 6.61 Å².